The normalized spacial score (nSPS) is 11.8. The monoisotopic (exact) mass is 301 g/mol. The molecule has 0 saturated carbocycles. The Morgan fingerprint density at radius 3 is 2.50 bits per heavy atom. The van der Waals surface area contributed by atoms with Gasteiger partial charge in [0.25, 0.3) is 5.91 Å². The number of carbonyl (C=O) groups is 1. The molecule has 22 heavy (non-hydrogen) atoms. The van der Waals surface area contributed by atoms with Gasteiger partial charge in [-0.25, -0.2) is 4.39 Å². The maximum Gasteiger partial charge on any atom is 0.267 e. The number of amides is 1. The van der Waals surface area contributed by atoms with Crippen molar-refractivity contribution in [2.24, 2.45) is 0 Å². The van der Waals surface area contributed by atoms with E-state index in [1.807, 2.05) is 38.1 Å². The lowest BCUT2D eigenvalue weighted by atomic mass is 10.2. The number of hydrogen-bond acceptors (Lipinski definition) is 2. The van der Waals surface area contributed by atoms with Gasteiger partial charge in [0.15, 0.2) is 6.10 Å². The molecule has 0 saturated heterocycles. The van der Waals surface area contributed by atoms with Crippen LogP contribution in [-0.2, 0) is 4.79 Å². The van der Waals surface area contributed by atoms with Gasteiger partial charge in [-0.3, -0.25) is 4.79 Å². The predicted molar refractivity (Wildman–Crippen MR) is 85.7 cm³/mol. The van der Waals surface area contributed by atoms with E-state index < -0.39 is 6.10 Å². The van der Waals surface area contributed by atoms with Crippen molar-refractivity contribution in [1.29, 1.82) is 0 Å². The molecule has 1 amide bonds. The minimum absolute atomic E-state index is 0.157. The van der Waals surface area contributed by atoms with Crippen molar-refractivity contribution < 1.29 is 13.9 Å². The highest BCUT2D eigenvalue weighted by molar-refractivity contribution is 5.96. The first-order valence-electron chi connectivity index (χ1n) is 7.31. The summed E-state index contributed by atoms with van der Waals surface area (Å²) in [6.07, 6.45) is -0.619. The summed E-state index contributed by atoms with van der Waals surface area (Å²) in [5.74, 6) is 0.183. The number of carbonyl (C=O) groups excluding carboxylic acids is 1. The Morgan fingerprint density at radius 2 is 1.91 bits per heavy atom. The van der Waals surface area contributed by atoms with Gasteiger partial charge in [-0.15, -0.1) is 0 Å². The number of ether oxygens (including phenoxy) is 1. The number of rotatable bonds is 5. The van der Waals surface area contributed by atoms with E-state index in [2.05, 4.69) is 0 Å². The lowest BCUT2D eigenvalue weighted by Gasteiger charge is -2.25. The summed E-state index contributed by atoms with van der Waals surface area (Å²) in [5, 5.41) is 0. The zero-order valence-corrected chi connectivity index (χ0v) is 13.0. The maximum absolute atomic E-state index is 13.0. The van der Waals surface area contributed by atoms with Crippen LogP contribution in [0.3, 0.4) is 0 Å². The van der Waals surface area contributed by atoms with Crippen molar-refractivity contribution in [3.8, 4) is 5.75 Å². The second kappa shape index (κ2) is 7.07. The molecule has 2 aromatic rings. The number of halogens is 1. The second-order valence-electron chi connectivity index (χ2n) is 5.14. The number of hydrogen-bond donors (Lipinski definition) is 0. The van der Waals surface area contributed by atoms with Crippen LogP contribution < -0.4 is 9.64 Å². The highest BCUT2D eigenvalue weighted by Crippen LogP contribution is 2.19. The summed E-state index contributed by atoms with van der Waals surface area (Å²) in [5.41, 5.74) is 1.73. The van der Waals surface area contributed by atoms with Crippen molar-refractivity contribution in [1.82, 2.24) is 0 Å². The minimum Gasteiger partial charge on any atom is -0.481 e. The van der Waals surface area contributed by atoms with E-state index in [-0.39, 0.29) is 11.7 Å². The van der Waals surface area contributed by atoms with Crippen LogP contribution in [0.15, 0.2) is 48.5 Å². The number of anilines is 1. The third kappa shape index (κ3) is 3.85. The molecule has 0 heterocycles. The first-order valence-corrected chi connectivity index (χ1v) is 7.31. The van der Waals surface area contributed by atoms with Crippen LogP contribution in [0.4, 0.5) is 10.1 Å². The van der Waals surface area contributed by atoms with Crippen LogP contribution in [-0.4, -0.2) is 18.6 Å². The smallest absolute Gasteiger partial charge is 0.267 e. The Labute approximate surface area is 130 Å². The summed E-state index contributed by atoms with van der Waals surface area (Å²) in [4.78, 5) is 14.1. The quantitative estimate of drug-likeness (QED) is 0.836. The summed E-state index contributed by atoms with van der Waals surface area (Å²) in [6, 6.07) is 13.4. The van der Waals surface area contributed by atoms with Crippen LogP contribution in [0.2, 0.25) is 0 Å². The molecule has 1 atom stereocenters. The molecule has 4 heteroatoms. The van der Waals surface area contributed by atoms with Crippen molar-refractivity contribution in [2.45, 2.75) is 26.9 Å². The summed E-state index contributed by atoms with van der Waals surface area (Å²) < 4.78 is 18.7. The molecular weight excluding hydrogens is 281 g/mol. The molecule has 3 nitrogen and oxygen atoms in total. The number of nitrogens with zero attached hydrogens (tertiary/aromatic N) is 1. The SMILES string of the molecule is CCN(C(=O)C(C)Oc1cccc(C)c1)c1ccc(F)cc1. The molecule has 0 fully saturated rings. The lowest BCUT2D eigenvalue weighted by molar-refractivity contribution is -0.124. The van der Waals surface area contributed by atoms with Gasteiger partial charge in [-0.2, -0.15) is 0 Å². The molecule has 0 aliphatic rings. The topological polar surface area (TPSA) is 29.5 Å². The Morgan fingerprint density at radius 1 is 1.23 bits per heavy atom. The molecule has 0 bridgehead atoms. The molecular formula is C18H20FNO2. The molecule has 0 N–H and O–H groups in total. The van der Waals surface area contributed by atoms with Gasteiger partial charge in [0, 0.05) is 12.2 Å². The van der Waals surface area contributed by atoms with Gasteiger partial charge >= 0.3 is 0 Å². The Balaban J connectivity index is 2.12. The van der Waals surface area contributed by atoms with E-state index in [0.717, 1.165) is 5.56 Å². The number of aryl methyl sites for hydroxylation is 1. The second-order valence-corrected chi connectivity index (χ2v) is 5.14. The molecule has 2 rings (SSSR count). The lowest BCUT2D eigenvalue weighted by Crippen LogP contribution is -2.40. The molecule has 0 radical (unpaired) electrons. The molecule has 1 unspecified atom stereocenters. The van der Waals surface area contributed by atoms with Gasteiger partial charge in [-0.1, -0.05) is 12.1 Å². The highest BCUT2D eigenvalue weighted by Gasteiger charge is 2.22. The third-order valence-electron chi connectivity index (χ3n) is 3.37. The minimum atomic E-state index is -0.619. The van der Waals surface area contributed by atoms with Crippen molar-refractivity contribution in [3.05, 3.63) is 59.9 Å². The summed E-state index contributed by atoms with van der Waals surface area (Å²) in [7, 11) is 0. The zero-order valence-electron chi connectivity index (χ0n) is 13.0. The van der Waals surface area contributed by atoms with Crippen molar-refractivity contribution >= 4 is 11.6 Å². The van der Waals surface area contributed by atoms with Crippen LogP contribution in [0, 0.1) is 12.7 Å². The standard InChI is InChI=1S/C18H20FNO2/c1-4-20(16-10-8-15(19)9-11-16)18(21)14(3)22-17-7-5-6-13(2)12-17/h5-12,14H,4H2,1-3H3. The van der Waals surface area contributed by atoms with E-state index in [1.54, 1.807) is 24.0 Å². The van der Waals surface area contributed by atoms with Gasteiger partial charge in [0.05, 0.1) is 0 Å². The molecule has 0 aromatic heterocycles. The fraction of sp³-hybridized carbons (Fsp3) is 0.278. The fourth-order valence-corrected chi connectivity index (χ4v) is 2.25. The van der Waals surface area contributed by atoms with E-state index >= 15 is 0 Å². The van der Waals surface area contributed by atoms with Gasteiger partial charge in [0.1, 0.15) is 11.6 Å². The first kappa shape index (κ1) is 16.0. The van der Waals surface area contributed by atoms with Crippen molar-refractivity contribution in [2.75, 3.05) is 11.4 Å². The Bertz CT molecular complexity index is 640. The molecule has 0 aliphatic carbocycles. The van der Waals surface area contributed by atoms with Crippen LogP contribution >= 0.6 is 0 Å². The average Bonchev–Trinajstić information content (AvgIpc) is 2.49. The van der Waals surface area contributed by atoms with E-state index in [1.165, 1.54) is 12.1 Å². The Hall–Kier alpha value is -2.36. The van der Waals surface area contributed by atoms with Gasteiger partial charge < -0.3 is 9.64 Å². The largest absolute Gasteiger partial charge is 0.481 e. The average molecular weight is 301 g/mol. The molecule has 0 aliphatic heterocycles. The van der Waals surface area contributed by atoms with E-state index in [0.29, 0.717) is 18.0 Å². The van der Waals surface area contributed by atoms with Crippen molar-refractivity contribution in [3.63, 3.8) is 0 Å². The van der Waals surface area contributed by atoms with Crippen LogP contribution in [0.5, 0.6) is 5.75 Å². The fourth-order valence-electron chi connectivity index (χ4n) is 2.25. The van der Waals surface area contributed by atoms with Gasteiger partial charge in [-0.05, 0) is 62.7 Å². The third-order valence-corrected chi connectivity index (χ3v) is 3.37. The first-order chi connectivity index (χ1) is 10.5. The molecule has 116 valence electrons. The summed E-state index contributed by atoms with van der Waals surface area (Å²) in [6.45, 7) is 6.06. The van der Waals surface area contributed by atoms with Gasteiger partial charge in [0.2, 0.25) is 0 Å². The maximum atomic E-state index is 13.0. The predicted octanol–water partition coefficient (Wildman–Crippen LogP) is 3.95. The zero-order chi connectivity index (χ0) is 16.1. The highest BCUT2D eigenvalue weighted by atomic mass is 19.1. The van der Waals surface area contributed by atoms with E-state index in [9.17, 15) is 9.18 Å². The number of benzene rings is 2. The number of likely N-dealkylation sites (N-methyl/N-ethyl adjacent to an activating group) is 1. The molecule has 0 spiro atoms. The Kier molecular flexibility index (Phi) is 5.15. The summed E-state index contributed by atoms with van der Waals surface area (Å²) >= 11 is 0. The van der Waals surface area contributed by atoms with Crippen LogP contribution in [0.1, 0.15) is 19.4 Å². The van der Waals surface area contributed by atoms with Crippen LogP contribution in [0.25, 0.3) is 0 Å². The molecule has 2 aromatic carbocycles. The van der Waals surface area contributed by atoms with E-state index in [4.69, 9.17) is 4.74 Å².